The van der Waals surface area contributed by atoms with Gasteiger partial charge >= 0.3 is 0 Å². The van der Waals surface area contributed by atoms with E-state index in [1.54, 1.807) is 6.20 Å². The zero-order valence-electron chi connectivity index (χ0n) is 17.0. The van der Waals surface area contributed by atoms with Crippen molar-refractivity contribution in [3.8, 4) is 11.1 Å². The van der Waals surface area contributed by atoms with Crippen molar-refractivity contribution < 1.29 is 0 Å². The first-order chi connectivity index (χ1) is 14.2. The van der Waals surface area contributed by atoms with Crippen molar-refractivity contribution in [1.29, 1.82) is 0 Å². The second-order valence-corrected chi connectivity index (χ2v) is 7.98. The van der Waals surface area contributed by atoms with E-state index in [9.17, 15) is 4.79 Å². The number of benzene rings is 2. The van der Waals surface area contributed by atoms with Crippen LogP contribution in [0.15, 0.2) is 53.5 Å². The van der Waals surface area contributed by atoms with Gasteiger partial charge in [-0.3, -0.25) is 14.8 Å². The Morgan fingerprint density at radius 3 is 2.48 bits per heavy atom. The quantitative estimate of drug-likeness (QED) is 0.552. The fourth-order valence-electron chi connectivity index (χ4n) is 4.66. The summed E-state index contributed by atoms with van der Waals surface area (Å²) >= 11 is 0. The minimum Gasteiger partial charge on any atom is -0.308 e. The molecule has 2 aromatic carbocycles. The van der Waals surface area contributed by atoms with E-state index in [-0.39, 0.29) is 5.56 Å². The van der Waals surface area contributed by atoms with E-state index in [4.69, 9.17) is 0 Å². The van der Waals surface area contributed by atoms with E-state index in [0.717, 1.165) is 22.0 Å². The Morgan fingerprint density at radius 2 is 1.76 bits per heavy atom. The van der Waals surface area contributed by atoms with Crippen LogP contribution < -0.4 is 5.56 Å². The lowest BCUT2D eigenvalue weighted by Gasteiger charge is -2.24. The number of aryl methyl sites for hydroxylation is 1. The SMILES string of the molecule is CCn1c(=O)c2cn[nH]c2c2ccc(-c3ccc(C(C)N4CCCC4)cc3)cc21. The molecule has 1 atom stereocenters. The average molecular weight is 386 g/mol. The maximum absolute atomic E-state index is 12.8. The van der Waals surface area contributed by atoms with Crippen LogP contribution in [0.4, 0.5) is 0 Å². The zero-order chi connectivity index (χ0) is 20.0. The molecule has 5 rings (SSSR count). The fourth-order valence-corrected chi connectivity index (χ4v) is 4.66. The molecule has 0 amide bonds. The van der Waals surface area contributed by atoms with Gasteiger partial charge in [0.1, 0.15) is 0 Å². The predicted octanol–water partition coefficient (Wildman–Crippen LogP) is 4.72. The summed E-state index contributed by atoms with van der Waals surface area (Å²) in [6.45, 7) is 7.33. The van der Waals surface area contributed by atoms with Gasteiger partial charge < -0.3 is 4.57 Å². The first-order valence-corrected chi connectivity index (χ1v) is 10.5. The minimum absolute atomic E-state index is 0.00989. The van der Waals surface area contributed by atoms with Crippen LogP contribution in [0.25, 0.3) is 32.9 Å². The van der Waals surface area contributed by atoms with Crippen LogP contribution >= 0.6 is 0 Å². The molecule has 1 saturated heterocycles. The van der Waals surface area contributed by atoms with Crippen LogP contribution in [0, 0.1) is 0 Å². The van der Waals surface area contributed by atoms with Crippen LogP contribution in [-0.2, 0) is 6.54 Å². The number of rotatable bonds is 4. The van der Waals surface area contributed by atoms with Crippen LogP contribution in [0.1, 0.15) is 38.3 Å². The summed E-state index contributed by atoms with van der Waals surface area (Å²) < 4.78 is 1.83. The highest BCUT2D eigenvalue weighted by atomic mass is 16.1. The maximum atomic E-state index is 12.8. The molecule has 0 saturated carbocycles. The largest absolute Gasteiger partial charge is 0.308 e. The van der Waals surface area contributed by atoms with Gasteiger partial charge in [-0.2, -0.15) is 5.10 Å². The minimum atomic E-state index is 0.00989. The molecule has 1 N–H and O–H groups in total. The first-order valence-electron chi connectivity index (χ1n) is 10.5. The Balaban J connectivity index is 1.56. The Hall–Kier alpha value is -2.92. The number of fused-ring (bicyclic) bond motifs is 3. The molecule has 0 radical (unpaired) electrons. The maximum Gasteiger partial charge on any atom is 0.262 e. The lowest BCUT2D eigenvalue weighted by atomic mass is 9.99. The topological polar surface area (TPSA) is 53.9 Å². The van der Waals surface area contributed by atoms with Gasteiger partial charge in [-0.15, -0.1) is 0 Å². The molecule has 148 valence electrons. The molecule has 1 aliphatic heterocycles. The molecule has 1 fully saturated rings. The van der Waals surface area contributed by atoms with E-state index in [1.165, 1.54) is 37.1 Å². The van der Waals surface area contributed by atoms with Crippen molar-refractivity contribution in [3.63, 3.8) is 0 Å². The standard InChI is InChI=1S/C24H26N4O/c1-3-28-22-14-19(10-11-20(22)23-21(24(28)29)15-25-26-23)18-8-6-17(7-9-18)16(2)27-12-4-5-13-27/h6-11,14-16H,3-5,12-13H2,1-2H3,(H,25,26). The second-order valence-electron chi connectivity index (χ2n) is 7.98. The lowest BCUT2D eigenvalue weighted by molar-refractivity contribution is 0.263. The molecule has 3 heterocycles. The molecule has 0 aliphatic carbocycles. The molecular weight excluding hydrogens is 360 g/mol. The number of nitrogens with one attached hydrogen (secondary N) is 1. The number of pyridine rings is 1. The van der Waals surface area contributed by atoms with Crippen LogP contribution in [0.2, 0.25) is 0 Å². The smallest absolute Gasteiger partial charge is 0.262 e. The number of aromatic amines is 1. The second kappa shape index (κ2) is 7.16. The molecule has 0 spiro atoms. The zero-order valence-corrected chi connectivity index (χ0v) is 17.0. The van der Waals surface area contributed by atoms with Gasteiger partial charge in [-0.05, 0) is 62.5 Å². The third kappa shape index (κ3) is 2.97. The van der Waals surface area contributed by atoms with E-state index >= 15 is 0 Å². The third-order valence-electron chi connectivity index (χ3n) is 6.40. The van der Waals surface area contributed by atoms with Crippen molar-refractivity contribution in [3.05, 3.63) is 64.6 Å². The highest BCUT2D eigenvalue weighted by Crippen LogP contribution is 2.30. The molecule has 5 nitrogen and oxygen atoms in total. The Labute approximate surface area is 170 Å². The summed E-state index contributed by atoms with van der Waals surface area (Å²) in [7, 11) is 0. The van der Waals surface area contributed by atoms with Gasteiger partial charge in [-0.25, -0.2) is 0 Å². The molecule has 29 heavy (non-hydrogen) atoms. The summed E-state index contributed by atoms with van der Waals surface area (Å²) in [5.74, 6) is 0. The van der Waals surface area contributed by atoms with Crippen LogP contribution in [0.5, 0.6) is 0 Å². The van der Waals surface area contributed by atoms with Gasteiger partial charge in [0.25, 0.3) is 5.56 Å². The third-order valence-corrected chi connectivity index (χ3v) is 6.40. The monoisotopic (exact) mass is 386 g/mol. The van der Waals surface area contributed by atoms with Crippen molar-refractivity contribution in [2.75, 3.05) is 13.1 Å². The summed E-state index contributed by atoms with van der Waals surface area (Å²) in [5, 5.41) is 8.75. The Bertz CT molecular complexity index is 1230. The first kappa shape index (κ1) is 18.1. The van der Waals surface area contributed by atoms with Crippen molar-refractivity contribution in [2.45, 2.75) is 39.3 Å². The normalized spacial score (nSPS) is 16.1. The van der Waals surface area contributed by atoms with Gasteiger partial charge in [0.2, 0.25) is 0 Å². The average Bonchev–Trinajstić information content (AvgIpc) is 3.46. The molecule has 1 aliphatic rings. The number of likely N-dealkylation sites (tertiary alicyclic amines) is 1. The molecule has 0 bridgehead atoms. The molecular formula is C24H26N4O. The number of H-pyrrole nitrogens is 1. The van der Waals surface area contributed by atoms with Crippen LogP contribution in [0.3, 0.4) is 0 Å². The van der Waals surface area contributed by atoms with Gasteiger partial charge in [-0.1, -0.05) is 36.4 Å². The van der Waals surface area contributed by atoms with Crippen molar-refractivity contribution in [1.82, 2.24) is 19.7 Å². The number of hydrogen-bond acceptors (Lipinski definition) is 3. The summed E-state index contributed by atoms with van der Waals surface area (Å²) in [4.78, 5) is 15.4. The van der Waals surface area contributed by atoms with Gasteiger partial charge in [0.05, 0.1) is 22.6 Å². The van der Waals surface area contributed by atoms with E-state index in [2.05, 4.69) is 64.5 Å². The van der Waals surface area contributed by atoms with Crippen molar-refractivity contribution in [2.24, 2.45) is 0 Å². The van der Waals surface area contributed by atoms with E-state index in [1.807, 2.05) is 11.5 Å². The summed E-state index contributed by atoms with van der Waals surface area (Å²) in [6.07, 6.45) is 4.24. The van der Waals surface area contributed by atoms with Gasteiger partial charge in [0.15, 0.2) is 0 Å². The number of hydrogen-bond donors (Lipinski definition) is 1. The summed E-state index contributed by atoms with van der Waals surface area (Å²) in [5.41, 5.74) is 5.43. The molecule has 4 aromatic rings. The number of aromatic nitrogens is 3. The molecule has 1 unspecified atom stereocenters. The van der Waals surface area contributed by atoms with E-state index < -0.39 is 0 Å². The lowest BCUT2D eigenvalue weighted by Crippen LogP contribution is -2.23. The fraction of sp³-hybridized carbons (Fsp3) is 0.333. The Morgan fingerprint density at radius 1 is 1.03 bits per heavy atom. The number of nitrogens with zero attached hydrogens (tertiary/aromatic N) is 3. The van der Waals surface area contributed by atoms with E-state index in [0.29, 0.717) is 18.0 Å². The predicted molar refractivity (Wildman–Crippen MR) is 118 cm³/mol. The molecule has 2 aromatic heterocycles. The summed E-state index contributed by atoms with van der Waals surface area (Å²) in [6, 6.07) is 15.7. The van der Waals surface area contributed by atoms with Crippen LogP contribution in [-0.4, -0.2) is 32.8 Å². The Kier molecular flexibility index (Phi) is 4.47. The molecule has 5 heteroatoms. The van der Waals surface area contributed by atoms with Crippen molar-refractivity contribution >= 4 is 21.8 Å². The highest BCUT2D eigenvalue weighted by molar-refractivity contribution is 6.04. The van der Waals surface area contributed by atoms with Gasteiger partial charge in [0, 0.05) is 18.0 Å². The highest BCUT2D eigenvalue weighted by Gasteiger charge is 2.19.